The third-order valence-corrected chi connectivity index (χ3v) is 4.79. The van der Waals surface area contributed by atoms with Gasteiger partial charge in [-0.1, -0.05) is 48.5 Å². The van der Waals surface area contributed by atoms with Gasteiger partial charge in [-0.2, -0.15) is 0 Å². The van der Waals surface area contributed by atoms with Gasteiger partial charge in [-0.3, -0.25) is 0 Å². The monoisotopic (exact) mass is 354 g/mol. The number of urea groups is 1. The summed E-state index contributed by atoms with van der Waals surface area (Å²) in [5.74, 6) is -0.291. The van der Waals surface area contributed by atoms with Gasteiger partial charge in [0, 0.05) is 11.4 Å². The zero-order valence-electron chi connectivity index (χ0n) is 13.6. The maximum atomic E-state index is 13.2. The van der Waals surface area contributed by atoms with Crippen LogP contribution in [0.25, 0.3) is 0 Å². The molecule has 0 spiro atoms. The molecule has 1 atom stereocenters. The van der Waals surface area contributed by atoms with Gasteiger partial charge < -0.3 is 10.6 Å². The van der Waals surface area contributed by atoms with Gasteiger partial charge in [-0.05, 0) is 41.1 Å². The van der Waals surface area contributed by atoms with Crippen molar-refractivity contribution in [2.75, 3.05) is 6.54 Å². The molecule has 0 bridgehead atoms. The number of nitrogens with one attached hydrogen (secondary N) is 2. The average molecular weight is 354 g/mol. The lowest BCUT2D eigenvalue weighted by atomic mass is 10.1. The highest BCUT2D eigenvalue weighted by atomic mass is 32.1. The van der Waals surface area contributed by atoms with Gasteiger partial charge >= 0.3 is 6.03 Å². The van der Waals surface area contributed by atoms with Crippen LogP contribution in [0.5, 0.6) is 0 Å². The maximum Gasteiger partial charge on any atom is 0.315 e. The second-order valence-corrected chi connectivity index (χ2v) is 6.62. The summed E-state index contributed by atoms with van der Waals surface area (Å²) in [6.07, 6.45) is 0.772. The minimum absolute atomic E-state index is 0.237. The van der Waals surface area contributed by atoms with Gasteiger partial charge in [0.1, 0.15) is 5.82 Å². The Bertz CT molecular complexity index is 788. The summed E-state index contributed by atoms with van der Waals surface area (Å²) < 4.78 is 13.2. The summed E-state index contributed by atoms with van der Waals surface area (Å²) >= 11 is 1.56. The average Bonchev–Trinajstić information content (AvgIpc) is 3.16. The predicted molar refractivity (Wildman–Crippen MR) is 99.2 cm³/mol. The summed E-state index contributed by atoms with van der Waals surface area (Å²) in [5, 5.41) is 7.82. The third kappa shape index (κ3) is 4.90. The molecule has 3 aromatic rings. The van der Waals surface area contributed by atoms with E-state index in [1.165, 1.54) is 17.7 Å². The standard InChI is InChI=1S/C20H19FN2OS/c21-17-10-8-16(9-11-17)19(18-7-4-14-25-18)23-20(24)22-13-12-15-5-2-1-3-6-15/h1-11,14,19H,12-13H2,(H2,22,23,24). The fourth-order valence-electron chi connectivity index (χ4n) is 2.58. The molecule has 0 aliphatic rings. The number of carbonyl (C=O) groups is 1. The van der Waals surface area contributed by atoms with E-state index in [4.69, 9.17) is 0 Å². The number of thiophene rings is 1. The summed E-state index contributed by atoms with van der Waals surface area (Å²) in [6.45, 7) is 0.552. The molecule has 25 heavy (non-hydrogen) atoms. The second-order valence-electron chi connectivity index (χ2n) is 5.64. The predicted octanol–water partition coefficient (Wildman–Crippen LogP) is 4.52. The van der Waals surface area contributed by atoms with Crippen LogP contribution in [0.2, 0.25) is 0 Å². The first-order chi connectivity index (χ1) is 12.2. The zero-order valence-corrected chi connectivity index (χ0v) is 14.4. The minimum Gasteiger partial charge on any atom is -0.338 e. The molecule has 0 radical (unpaired) electrons. The Hall–Kier alpha value is -2.66. The van der Waals surface area contributed by atoms with Gasteiger partial charge in [-0.15, -0.1) is 11.3 Å². The van der Waals surface area contributed by atoms with Crippen molar-refractivity contribution in [2.24, 2.45) is 0 Å². The minimum atomic E-state index is -0.294. The molecular weight excluding hydrogens is 335 g/mol. The SMILES string of the molecule is O=C(NCCc1ccccc1)NC(c1ccc(F)cc1)c1cccs1. The van der Waals surface area contributed by atoms with Crippen LogP contribution in [0.4, 0.5) is 9.18 Å². The van der Waals surface area contributed by atoms with E-state index < -0.39 is 0 Å². The van der Waals surface area contributed by atoms with Crippen LogP contribution in [-0.4, -0.2) is 12.6 Å². The van der Waals surface area contributed by atoms with Crippen LogP contribution in [0.15, 0.2) is 72.1 Å². The van der Waals surface area contributed by atoms with Crippen LogP contribution in [0.1, 0.15) is 22.0 Å². The summed E-state index contributed by atoms with van der Waals surface area (Å²) in [5.41, 5.74) is 2.03. The summed E-state index contributed by atoms with van der Waals surface area (Å²) in [7, 11) is 0. The molecule has 3 rings (SSSR count). The highest BCUT2D eigenvalue weighted by molar-refractivity contribution is 7.10. The van der Waals surface area contributed by atoms with E-state index in [9.17, 15) is 9.18 Å². The largest absolute Gasteiger partial charge is 0.338 e. The van der Waals surface area contributed by atoms with Crippen molar-refractivity contribution in [2.45, 2.75) is 12.5 Å². The second kappa shape index (κ2) is 8.44. The summed E-state index contributed by atoms with van der Waals surface area (Å²) in [6, 6.07) is 19.6. The third-order valence-electron chi connectivity index (χ3n) is 3.85. The van der Waals surface area contributed by atoms with E-state index in [1.54, 1.807) is 23.5 Å². The number of halogens is 1. The van der Waals surface area contributed by atoms with Crippen molar-refractivity contribution >= 4 is 17.4 Å². The Labute approximate surface area is 150 Å². The van der Waals surface area contributed by atoms with Gasteiger partial charge in [0.25, 0.3) is 0 Å². The first-order valence-corrected chi connectivity index (χ1v) is 8.97. The molecule has 2 aromatic carbocycles. The van der Waals surface area contributed by atoms with Gasteiger partial charge in [-0.25, -0.2) is 9.18 Å². The van der Waals surface area contributed by atoms with Gasteiger partial charge in [0.2, 0.25) is 0 Å². The lowest BCUT2D eigenvalue weighted by Gasteiger charge is -2.18. The van der Waals surface area contributed by atoms with Crippen LogP contribution in [0.3, 0.4) is 0 Å². The first kappa shape index (κ1) is 17.2. The lowest BCUT2D eigenvalue weighted by molar-refractivity contribution is 0.239. The number of carbonyl (C=O) groups excluding carboxylic acids is 1. The van der Waals surface area contributed by atoms with Crippen LogP contribution < -0.4 is 10.6 Å². The molecule has 0 saturated carbocycles. The molecule has 1 aromatic heterocycles. The van der Waals surface area contributed by atoms with E-state index in [-0.39, 0.29) is 17.9 Å². The normalized spacial score (nSPS) is 11.7. The molecule has 2 N–H and O–H groups in total. The number of benzene rings is 2. The van der Waals surface area contributed by atoms with E-state index in [1.807, 2.05) is 47.8 Å². The van der Waals surface area contributed by atoms with E-state index in [2.05, 4.69) is 10.6 Å². The van der Waals surface area contributed by atoms with Crippen molar-refractivity contribution < 1.29 is 9.18 Å². The van der Waals surface area contributed by atoms with E-state index in [0.29, 0.717) is 6.54 Å². The highest BCUT2D eigenvalue weighted by Gasteiger charge is 2.17. The molecule has 1 heterocycles. The Morgan fingerprint density at radius 1 is 1.00 bits per heavy atom. The Balaban J connectivity index is 1.62. The number of rotatable bonds is 6. The quantitative estimate of drug-likeness (QED) is 0.671. The molecule has 2 amide bonds. The molecule has 3 nitrogen and oxygen atoms in total. The van der Waals surface area contributed by atoms with Crippen molar-refractivity contribution in [3.63, 3.8) is 0 Å². The Morgan fingerprint density at radius 3 is 2.44 bits per heavy atom. The number of hydrogen-bond donors (Lipinski definition) is 2. The molecule has 0 saturated heterocycles. The molecular formula is C20H19FN2OS. The number of amides is 2. The molecule has 0 fully saturated rings. The zero-order chi connectivity index (χ0) is 17.5. The van der Waals surface area contributed by atoms with Crippen molar-refractivity contribution in [1.82, 2.24) is 10.6 Å². The van der Waals surface area contributed by atoms with Crippen molar-refractivity contribution in [1.29, 1.82) is 0 Å². The molecule has 5 heteroatoms. The molecule has 0 aliphatic heterocycles. The Morgan fingerprint density at radius 2 is 1.76 bits per heavy atom. The highest BCUT2D eigenvalue weighted by Crippen LogP contribution is 2.26. The lowest BCUT2D eigenvalue weighted by Crippen LogP contribution is -2.39. The topological polar surface area (TPSA) is 41.1 Å². The maximum absolute atomic E-state index is 13.2. The Kier molecular flexibility index (Phi) is 5.80. The van der Waals surface area contributed by atoms with Crippen molar-refractivity contribution in [3.8, 4) is 0 Å². The van der Waals surface area contributed by atoms with Gasteiger partial charge in [0.15, 0.2) is 0 Å². The summed E-state index contributed by atoms with van der Waals surface area (Å²) in [4.78, 5) is 13.3. The molecule has 128 valence electrons. The smallest absolute Gasteiger partial charge is 0.315 e. The van der Waals surface area contributed by atoms with Gasteiger partial charge in [0.05, 0.1) is 6.04 Å². The van der Waals surface area contributed by atoms with Crippen LogP contribution in [0, 0.1) is 5.82 Å². The fraction of sp³-hybridized carbons (Fsp3) is 0.150. The number of hydrogen-bond acceptors (Lipinski definition) is 2. The van der Waals surface area contributed by atoms with Crippen molar-refractivity contribution in [3.05, 3.63) is 93.9 Å². The molecule has 0 aliphatic carbocycles. The first-order valence-electron chi connectivity index (χ1n) is 8.09. The van der Waals surface area contributed by atoms with E-state index in [0.717, 1.165) is 16.9 Å². The van der Waals surface area contributed by atoms with E-state index >= 15 is 0 Å². The van der Waals surface area contributed by atoms with Crippen LogP contribution >= 0.6 is 11.3 Å². The molecule has 1 unspecified atom stereocenters. The fourth-order valence-corrected chi connectivity index (χ4v) is 3.38. The van der Waals surface area contributed by atoms with Crippen LogP contribution in [-0.2, 0) is 6.42 Å².